The van der Waals surface area contributed by atoms with Gasteiger partial charge < -0.3 is 9.84 Å². The van der Waals surface area contributed by atoms with Gasteiger partial charge in [0.2, 0.25) is 0 Å². The number of carbonyl (C=O) groups is 1. The third-order valence-electron chi connectivity index (χ3n) is 1.74. The fourth-order valence-corrected chi connectivity index (χ4v) is 1.06. The molecule has 7 nitrogen and oxygen atoms in total. The van der Waals surface area contributed by atoms with Crippen LogP contribution in [0.1, 0.15) is 10.5 Å². The number of hydrogen-bond acceptors (Lipinski definition) is 5. The van der Waals surface area contributed by atoms with Crippen molar-refractivity contribution in [3.8, 4) is 11.8 Å². The zero-order valence-corrected chi connectivity index (χ0v) is 8.36. The average Bonchev–Trinajstić information content (AvgIpc) is 2.64. The molecule has 2 heterocycles. The van der Waals surface area contributed by atoms with Crippen molar-refractivity contribution in [3.05, 3.63) is 30.4 Å². The molecule has 16 heavy (non-hydrogen) atoms. The highest BCUT2D eigenvalue weighted by Crippen LogP contribution is 2.17. The van der Waals surface area contributed by atoms with Gasteiger partial charge in [-0.3, -0.25) is 4.68 Å². The van der Waals surface area contributed by atoms with Crippen LogP contribution in [0.3, 0.4) is 0 Å². The monoisotopic (exact) mass is 220 g/mol. The van der Waals surface area contributed by atoms with E-state index in [2.05, 4.69) is 15.1 Å². The molecule has 2 aromatic rings. The van der Waals surface area contributed by atoms with E-state index < -0.39 is 5.97 Å². The second kappa shape index (κ2) is 3.97. The first kappa shape index (κ1) is 10.1. The summed E-state index contributed by atoms with van der Waals surface area (Å²) in [5.41, 5.74) is -0.0894. The summed E-state index contributed by atoms with van der Waals surface area (Å²) < 4.78 is 6.72. The number of carboxylic acids is 1. The van der Waals surface area contributed by atoms with Crippen molar-refractivity contribution >= 4 is 5.97 Å². The van der Waals surface area contributed by atoms with Crippen LogP contribution in [-0.4, -0.2) is 30.8 Å². The van der Waals surface area contributed by atoms with Crippen molar-refractivity contribution in [1.29, 1.82) is 0 Å². The number of pyridine rings is 1. The van der Waals surface area contributed by atoms with Crippen LogP contribution in [0.2, 0.25) is 0 Å². The minimum Gasteiger partial charge on any atom is -0.477 e. The van der Waals surface area contributed by atoms with Crippen LogP contribution < -0.4 is 4.74 Å². The highest BCUT2D eigenvalue weighted by Gasteiger charge is 2.07. The molecule has 0 aliphatic carbocycles. The first-order chi connectivity index (χ1) is 7.65. The van der Waals surface area contributed by atoms with Gasteiger partial charge in [0, 0.05) is 19.3 Å². The number of hydrogen-bond donors (Lipinski definition) is 1. The second-order valence-electron chi connectivity index (χ2n) is 2.98. The van der Waals surface area contributed by atoms with Crippen LogP contribution in [0.25, 0.3) is 0 Å². The first-order valence-corrected chi connectivity index (χ1v) is 4.38. The number of rotatable bonds is 3. The fourth-order valence-electron chi connectivity index (χ4n) is 1.06. The zero-order valence-electron chi connectivity index (χ0n) is 8.36. The van der Waals surface area contributed by atoms with E-state index in [1.165, 1.54) is 29.3 Å². The maximum Gasteiger partial charge on any atom is 0.354 e. The van der Waals surface area contributed by atoms with Gasteiger partial charge in [-0.1, -0.05) is 0 Å². The average molecular weight is 220 g/mol. The lowest BCUT2D eigenvalue weighted by Gasteiger charge is -2.00. The Hall–Kier alpha value is -2.44. The number of nitrogens with zero attached hydrogens (tertiary/aromatic N) is 4. The molecule has 2 aromatic heterocycles. The van der Waals surface area contributed by atoms with E-state index in [1.807, 2.05) is 0 Å². The van der Waals surface area contributed by atoms with Crippen molar-refractivity contribution in [1.82, 2.24) is 19.7 Å². The molecule has 0 spiro atoms. The topological polar surface area (TPSA) is 90.1 Å². The number of aryl methyl sites for hydroxylation is 1. The lowest BCUT2D eigenvalue weighted by molar-refractivity contribution is 0.0690. The molecule has 0 aromatic carbocycles. The molecular weight excluding hydrogens is 212 g/mol. The number of aromatic carboxylic acids is 1. The molecule has 0 radical (unpaired) electrons. The van der Waals surface area contributed by atoms with Gasteiger partial charge in [0.05, 0.1) is 0 Å². The maximum absolute atomic E-state index is 10.7. The largest absolute Gasteiger partial charge is 0.477 e. The van der Waals surface area contributed by atoms with E-state index >= 15 is 0 Å². The Morgan fingerprint density at radius 3 is 2.94 bits per heavy atom. The SMILES string of the molecule is Cn1cnc(Oc2ccnc(C(=O)O)c2)n1. The Morgan fingerprint density at radius 2 is 2.31 bits per heavy atom. The molecule has 0 unspecified atom stereocenters. The molecule has 1 N–H and O–H groups in total. The summed E-state index contributed by atoms with van der Waals surface area (Å²) in [4.78, 5) is 18.2. The highest BCUT2D eigenvalue weighted by molar-refractivity contribution is 5.85. The van der Waals surface area contributed by atoms with E-state index in [-0.39, 0.29) is 11.7 Å². The van der Waals surface area contributed by atoms with Gasteiger partial charge in [0.15, 0.2) is 5.69 Å². The molecule has 0 amide bonds. The predicted molar refractivity (Wildman–Crippen MR) is 52.3 cm³/mol. The van der Waals surface area contributed by atoms with Crippen LogP contribution in [0, 0.1) is 0 Å². The van der Waals surface area contributed by atoms with Crippen molar-refractivity contribution in [2.24, 2.45) is 7.05 Å². The lowest BCUT2D eigenvalue weighted by Crippen LogP contribution is -2.00. The van der Waals surface area contributed by atoms with E-state index in [9.17, 15) is 4.79 Å². The standard InChI is InChI=1S/C9H8N4O3/c1-13-5-11-9(12-13)16-6-2-3-10-7(4-6)8(14)15/h2-5H,1H3,(H,14,15). The van der Waals surface area contributed by atoms with Gasteiger partial charge >= 0.3 is 12.0 Å². The minimum absolute atomic E-state index is 0.0894. The van der Waals surface area contributed by atoms with Crippen LogP contribution >= 0.6 is 0 Å². The Kier molecular flexibility index (Phi) is 2.50. The predicted octanol–water partition coefficient (Wildman–Crippen LogP) is 0.701. The summed E-state index contributed by atoms with van der Waals surface area (Å²) in [6.45, 7) is 0. The van der Waals surface area contributed by atoms with Gasteiger partial charge in [-0.2, -0.15) is 4.98 Å². The van der Waals surface area contributed by atoms with Crippen molar-refractivity contribution in [2.75, 3.05) is 0 Å². The van der Waals surface area contributed by atoms with Gasteiger partial charge in [-0.25, -0.2) is 9.78 Å². The van der Waals surface area contributed by atoms with Gasteiger partial charge in [-0.15, -0.1) is 5.10 Å². The van der Waals surface area contributed by atoms with E-state index in [0.717, 1.165) is 0 Å². The van der Waals surface area contributed by atoms with Crippen LogP contribution in [0.15, 0.2) is 24.7 Å². The van der Waals surface area contributed by atoms with Crippen LogP contribution in [0.4, 0.5) is 0 Å². The third-order valence-corrected chi connectivity index (χ3v) is 1.74. The van der Waals surface area contributed by atoms with Gasteiger partial charge in [-0.05, 0) is 6.07 Å². The summed E-state index contributed by atoms with van der Waals surface area (Å²) in [6.07, 6.45) is 2.83. The fraction of sp³-hybridized carbons (Fsp3) is 0.111. The summed E-state index contributed by atoms with van der Waals surface area (Å²) in [7, 11) is 1.70. The first-order valence-electron chi connectivity index (χ1n) is 4.38. The van der Waals surface area contributed by atoms with Crippen molar-refractivity contribution < 1.29 is 14.6 Å². The Labute approximate surface area is 90.3 Å². The molecule has 2 rings (SSSR count). The third kappa shape index (κ3) is 2.14. The molecule has 7 heteroatoms. The summed E-state index contributed by atoms with van der Waals surface area (Å²) in [5.74, 6) is -0.780. The number of carboxylic acid groups (broad SMARTS) is 1. The molecule has 0 atom stereocenters. The van der Waals surface area contributed by atoms with Gasteiger partial charge in [0.1, 0.15) is 12.1 Å². The highest BCUT2D eigenvalue weighted by atomic mass is 16.5. The quantitative estimate of drug-likeness (QED) is 0.818. The van der Waals surface area contributed by atoms with E-state index in [0.29, 0.717) is 5.75 Å². The number of ether oxygens (including phenoxy) is 1. The van der Waals surface area contributed by atoms with Crippen molar-refractivity contribution in [3.63, 3.8) is 0 Å². The van der Waals surface area contributed by atoms with Crippen molar-refractivity contribution in [2.45, 2.75) is 0 Å². The summed E-state index contributed by atoms with van der Waals surface area (Å²) >= 11 is 0. The zero-order chi connectivity index (χ0) is 11.5. The molecular formula is C9H8N4O3. The number of aromatic nitrogens is 4. The molecule has 0 bridgehead atoms. The molecule has 0 aliphatic rings. The smallest absolute Gasteiger partial charge is 0.354 e. The van der Waals surface area contributed by atoms with Gasteiger partial charge in [0.25, 0.3) is 0 Å². The minimum atomic E-state index is -1.11. The summed E-state index contributed by atoms with van der Waals surface area (Å²) in [5, 5.41) is 12.6. The Balaban J connectivity index is 2.21. The second-order valence-corrected chi connectivity index (χ2v) is 2.98. The van der Waals surface area contributed by atoms with Crippen LogP contribution in [-0.2, 0) is 7.05 Å². The lowest BCUT2D eigenvalue weighted by atomic mass is 10.3. The molecule has 82 valence electrons. The molecule has 0 saturated carbocycles. The Bertz CT molecular complexity index is 523. The maximum atomic E-state index is 10.7. The normalized spacial score (nSPS) is 10.1. The molecule has 0 aliphatic heterocycles. The summed E-state index contributed by atoms with van der Waals surface area (Å²) in [6, 6.07) is 2.99. The Morgan fingerprint density at radius 1 is 1.50 bits per heavy atom. The molecule has 0 saturated heterocycles. The van der Waals surface area contributed by atoms with E-state index in [4.69, 9.17) is 9.84 Å². The molecule has 0 fully saturated rings. The van der Waals surface area contributed by atoms with E-state index in [1.54, 1.807) is 7.05 Å². The van der Waals surface area contributed by atoms with Crippen LogP contribution in [0.5, 0.6) is 11.8 Å².